The van der Waals surface area contributed by atoms with Crippen molar-refractivity contribution in [2.45, 2.75) is 6.10 Å². The summed E-state index contributed by atoms with van der Waals surface area (Å²) in [6.07, 6.45) is 0.707. The lowest BCUT2D eigenvalue weighted by atomic mass is 10.1. The molecule has 4 rings (SSSR count). The third-order valence-electron chi connectivity index (χ3n) is 5.33. The summed E-state index contributed by atoms with van der Waals surface area (Å²) in [7, 11) is -1.93. The maximum Gasteiger partial charge on any atom is 0.229 e. The Hall–Kier alpha value is -3.27. The largest absolute Gasteiger partial charge is 0.506 e. The molecule has 0 bridgehead atoms. The highest BCUT2D eigenvalue weighted by Gasteiger charge is 2.14. The van der Waals surface area contributed by atoms with Crippen LogP contribution in [-0.2, 0) is 14.8 Å². The second-order valence-electron chi connectivity index (χ2n) is 7.81. The summed E-state index contributed by atoms with van der Waals surface area (Å²) >= 11 is 0. The van der Waals surface area contributed by atoms with Gasteiger partial charge < -0.3 is 24.9 Å². The Morgan fingerprint density at radius 2 is 1.82 bits per heavy atom. The van der Waals surface area contributed by atoms with Gasteiger partial charge in [0.25, 0.3) is 0 Å². The lowest BCUT2D eigenvalue weighted by Gasteiger charge is -2.18. The Morgan fingerprint density at radius 3 is 2.61 bits per heavy atom. The van der Waals surface area contributed by atoms with Crippen LogP contribution in [0.1, 0.15) is 11.7 Å². The molecule has 8 nitrogen and oxygen atoms in total. The van der Waals surface area contributed by atoms with Gasteiger partial charge in [0, 0.05) is 42.6 Å². The lowest BCUT2D eigenvalue weighted by molar-refractivity contribution is 0.101. The highest BCUT2D eigenvalue weighted by atomic mass is 32.2. The monoisotopic (exact) mass is 469 g/mol. The van der Waals surface area contributed by atoms with Crippen LogP contribution in [0.25, 0.3) is 21.8 Å². The lowest BCUT2D eigenvalue weighted by Crippen LogP contribution is -2.27. The number of aromatic amines is 1. The Balaban J connectivity index is 1.31. The fraction of sp³-hybridized carbons (Fsp3) is 0.250. The molecule has 0 aliphatic heterocycles. The van der Waals surface area contributed by atoms with Gasteiger partial charge in [0.2, 0.25) is 10.0 Å². The number of aromatic hydroxyl groups is 1. The standard InChI is InChI=1S/C24H27N3O5S/c1-31-24(16-7-10-23(28)22(13-16)27-33(2,29)30)15-25-11-12-32-17-8-9-19-18-5-3-4-6-20(18)26-21(19)14-17/h3-10,13-14,24-28H,11-12,15H2,1-2H3. The van der Waals surface area contributed by atoms with E-state index in [4.69, 9.17) is 9.47 Å². The molecule has 4 aromatic rings. The molecule has 33 heavy (non-hydrogen) atoms. The first kappa shape index (κ1) is 22.9. The molecule has 0 spiro atoms. The zero-order valence-electron chi connectivity index (χ0n) is 18.5. The number of rotatable bonds is 10. The topological polar surface area (TPSA) is 113 Å². The van der Waals surface area contributed by atoms with Gasteiger partial charge in [0.15, 0.2) is 0 Å². The molecule has 1 unspecified atom stereocenters. The predicted octanol–water partition coefficient (Wildman–Crippen LogP) is 3.75. The van der Waals surface area contributed by atoms with E-state index in [2.05, 4.69) is 33.2 Å². The van der Waals surface area contributed by atoms with E-state index in [-0.39, 0.29) is 17.5 Å². The molecular formula is C24H27N3O5S. The first-order chi connectivity index (χ1) is 15.8. The van der Waals surface area contributed by atoms with E-state index < -0.39 is 10.0 Å². The van der Waals surface area contributed by atoms with E-state index in [1.807, 2.05) is 24.3 Å². The molecule has 0 aliphatic carbocycles. The van der Waals surface area contributed by atoms with Crippen molar-refractivity contribution < 1.29 is 23.0 Å². The van der Waals surface area contributed by atoms with Gasteiger partial charge in [-0.15, -0.1) is 0 Å². The number of hydrogen-bond acceptors (Lipinski definition) is 6. The molecule has 0 amide bonds. The summed E-state index contributed by atoms with van der Waals surface area (Å²) in [5.41, 5.74) is 2.99. The minimum absolute atomic E-state index is 0.118. The maximum atomic E-state index is 11.5. The Morgan fingerprint density at radius 1 is 1.03 bits per heavy atom. The average Bonchev–Trinajstić information content (AvgIpc) is 3.15. The van der Waals surface area contributed by atoms with Crippen molar-refractivity contribution in [1.82, 2.24) is 10.3 Å². The number of benzene rings is 3. The molecule has 0 saturated heterocycles. The van der Waals surface area contributed by atoms with Crippen molar-refractivity contribution in [3.8, 4) is 11.5 Å². The van der Waals surface area contributed by atoms with Crippen molar-refractivity contribution in [2.75, 3.05) is 37.8 Å². The number of phenols is 1. The van der Waals surface area contributed by atoms with E-state index in [0.29, 0.717) is 19.7 Å². The molecule has 174 valence electrons. The SMILES string of the molecule is COC(CNCCOc1ccc2c(c1)[nH]c1ccccc12)c1ccc(O)c(NS(C)(=O)=O)c1. The van der Waals surface area contributed by atoms with Gasteiger partial charge in [-0.25, -0.2) is 8.42 Å². The predicted molar refractivity (Wildman–Crippen MR) is 130 cm³/mol. The highest BCUT2D eigenvalue weighted by molar-refractivity contribution is 7.92. The molecule has 1 aromatic heterocycles. The van der Waals surface area contributed by atoms with Crippen molar-refractivity contribution in [2.24, 2.45) is 0 Å². The van der Waals surface area contributed by atoms with Gasteiger partial charge >= 0.3 is 0 Å². The highest BCUT2D eigenvalue weighted by Crippen LogP contribution is 2.29. The third kappa shape index (κ3) is 5.57. The van der Waals surface area contributed by atoms with Gasteiger partial charge in [-0.3, -0.25) is 4.72 Å². The molecule has 4 N–H and O–H groups in total. The zero-order valence-corrected chi connectivity index (χ0v) is 19.3. The second-order valence-corrected chi connectivity index (χ2v) is 9.55. The third-order valence-corrected chi connectivity index (χ3v) is 5.92. The van der Waals surface area contributed by atoms with Crippen LogP contribution in [0.5, 0.6) is 11.5 Å². The number of aromatic nitrogens is 1. The normalized spacial score (nSPS) is 12.8. The Labute approximate surface area is 192 Å². The van der Waals surface area contributed by atoms with E-state index in [1.165, 1.54) is 11.5 Å². The van der Waals surface area contributed by atoms with Crippen LogP contribution in [0.15, 0.2) is 60.7 Å². The molecular weight excluding hydrogens is 442 g/mol. The zero-order chi connectivity index (χ0) is 23.4. The molecule has 0 fully saturated rings. The quantitative estimate of drug-likeness (QED) is 0.208. The van der Waals surface area contributed by atoms with E-state index in [9.17, 15) is 13.5 Å². The van der Waals surface area contributed by atoms with E-state index in [1.54, 1.807) is 19.2 Å². The van der Waals surface area contributed by atoms with E-state index >= 15 is 0 Å². The van der Waals surface area contributed by atoms with Crippen LogP contribution >= 0.6 is 0 Å². The van der Waals surface area contributed by atoms with Crippen LogP contribution in [0.2, 0.25) is 0 Å². The summed E-state index contributed by atoms with van der Waals surface area (Å²) in [6, 6.07) is 18.9. The molecule has 0 aliphatic rings. The van der Waals surface area contributed by atoms with Crippen LogP contribution in [0, 0.1) is 0 Å². The number of H-pyrrole nitrogens is 1. The number of methoxy groups -OCH3 is 1. The minimum atomic E-state index is -3.51. The summed E-state index contributed by atoms with van der Waals surface area (Å²) in [4.78, 5) is 3.41. The fourth-order valence-electron chi connectivity index (χ4n) is 3.77. The van der Waals surface area contributed by atoms with Crippen LogP contribution in [0.4, 0.5) is 5.69 Å². The number of anilines is 1. The van der Waals surface area contributed by atoms with Crippen LogP contribution < -0.4 is 14.8 Å². The minimum Gasteiger partial charge on any atom is -0.506 e. The first-order valence-electron chi connectivity index (χ1n) is 10.5. The van der Waals surface area contributed by atoms with Crippen molar-refractivity contribution >= 4 is 37.5 Å². The van der Waals surface area contributed by atoms with Crippen molar-refractivity contribution in [1.29, 1.82) is 0 Å². The summed E-state index contributed by atoms with van der Waals surface area (Å²) in [5, 5.41) is 15.6. The first-order valence-corrected chi connectivity index (χ1v) is 12.4. The Kier molecular flexibility index (Phi) is 6.73. The number of hydrogen-bond donors (Lipinski definition) is 4. The number of fused-ring (bicyclic) bond motifs is 3. The average molecular weight is 470 g/mol. The number of phenolic OH excluding ortho intramolecular Hbond substituents is 1. The summed E-state index contributed by atoms with van der Waals surface area (Å²) in [6.45, 7) is 1.56. The van der Waals surface area contributed by atoms with Crippen LogP contribution in [-0.4, -0.2) is 51.6 Å². The van der Waals surface area contributed by atoms with Gasteiger partial charge in [-0.1, -0.05) is 24.3 Å². The number of para-hydroxylation sites is 1. The van der Waals surface area contributed by atoms with Gasteiger partial charge in [-0.2, -0.15) is 0 Å². The molecule has 0 saturated carbocycles. The molecule has 1 heterocycles. The molecule has 9 heteroatoms. The number of ether oxygens (including phenoxy) is 2. The van der Waals surface area contributed by atoms with Crippen molar-refractivity contribution in [3.05, 3.63) is 66.2 Å². The Bertz CT molecular complexity index is 1370. The van der Waals surface area contributed by atoms with Crippen molar-refractivity contribution in [3.63, 3.8) is 0 Å². The van der Waals surface area contributed by atoms with Gasteiger partial charge in [-0.05, 0) is 35.9 Å². The summed E-state index contributed by atoms with van der Waals surface area (Å²) in [5.74, 6) is 0.640. The molecule has 3 aromatic carbocycles. The summed E-state index contributed by atoms with van der Waals surface area (Å²) < 4.78 is 36.7. The number of sulfonamides is 1. The van der Waals surface area contributed by atoms with Gasteiger partial charge in [0.1, 0.15) is 18.1 Å². The second kappa shape index (κ2) is 9.70. The molecule has 1 atom stereocenters. The smallest absolute Gasteiger partial charge is 0.229 e. The molecule has 0 radical (unpaired) electrons. The fourth-order valence-corrected chi connectivity index (χ4v) is 4.33. The van der Waals surface area contributed by atoms with Crippen LogP contribution in [0.3, 0.4) is 0 Å². The van der Waals surface area contributed by atoms with Gasteiger partial charge in [0.05, 0.1) is 23.6 Å². The van der Waals surface area contributed by atoms with E-state index in [0.717, 1.165) is 34.0 Å². The maximum absolute atomic E-state index is 11.5. The number of nitrogens with one attached hydrogen (secondary N) is 3.